The van der Waals surface area contributed by atoms with Crippen molar-refractivity contribution in [2.45, 2.75) is 50.9 Å². The molecule has 0 bridgehead atoms. The summed E-state index contributed by atoms with van der Waals surface area (Å²) >= 11 is 0. The van der Waals surface area contributed by atoms with Gasteiger partial charge in [0.25, 0.3) is 0 Å². The molecule has 36 heavy (non-hydrogen) atoms. The Morgan fingerprint density at radius 1 is 1.28 bits per heavy atom. The number of nitrogens with two attached hydrogens (primary N) is 1. The van der Waals surface area contributed by atoms with Gasteiger partial charge in [0.15, 0.2) is 0 Å². The smallest absolute Gasteiger partial charge is 0.246 e. The second-order valence-corrected chi connectivity index (χ2v) is 10.2. The molecule has 0 radical (unpaired) electrons. The van der Waals surface area contributed by atoms with Gasteiger partial charge in [0, 0.05) is 36.2 Å². The van der Waals surface area contributed by atoms with Crippen molar-refractivity contribution in [3.63, 3.8) is 0 Å². The predicted octanol–water partition coefficient (Wildman–Crippen LogP) is 3.19. The molecule has 1 heterocycles. The van der Waals surface area contributed by atoms with E-state index in [4.69, 9.17) is 15.2 Å². The number of rotatable bonds is 6. The van der Waals surface area contributed by atoms with Gasteiger partial charge in [0.05, 0.1) is 13.2 Å². The van der Waals surface area contributed by atoms with Gasteiger partial charge in [-0.2, -0.15) is 0 Å². The molecular weight excluding hydrogens is 461 g/mol. The van der Waals surface area contributed by atoms with E-state index in [2.05, 4.69) is 5.32 Å². The summed E-state index contributed by atoms with van der Waals surface area (Å²) in [7, 11) is 0. The van der Waals surface area contributed by atoms with E-state index in [9.17, 15) is 9.59 Å². The van der Waals surface area contributed by atoms with E-state index in [-0.39, 0.29) is 36.2 Å². The van der Waals surface area contributed by atoms with E-state index >= 15 is 4.39 Å². The first kappa shape index (κ1) is 24.9. The average molecular weight is 496 g/mol. The minimum Gasteiger partial charge on any atom is -0.363 e. The topological polar surface area (TPSA) is 93.9 Å². The zero-order valence-corrected chi connectivity index (χ0v) is 20.9. The Morgan fingerprint density at radius 2 is 2.11 bits per heavy atom. The summed E-state index contributed by atoms with van der Waals surface area (Å²) in [6.45, 7) is 5.22. The lowest BCUT2D eigenvalue weighted by molar-refractivity contribution is -0.215. The van der Waals surface area contributed by atoms with Gasteiger partial charge in [-0.05, 0) is 50.3 Å². The lowest BCUT2D eigenvalue weighted by Crippen LogP contribution is -2.60. The molecule has 2 fully saturated rings. The van der Waals surface area contributed by atoms with Gasteiger partial charge >= 0.3 is 0 Å². The number of nitrogens with zero attached hydrogens (tertiary/aromatic N) is 1. The standard InChI is InChI=1S/C28H34FN3O4/c1-3-31-23(33)15-35-26-25-21(9-10-22(29)24(25)18-6-4-5-17(2)13-18)28(26)16-32(11-12-36-28)27(34)19-7-8-20(30)14-19/h4-6,9-10,13,19-20,26H,3,7-8,11-12,14-16,30H2,1-2H3,(H,31,33)/t19-,20+,26+,28+/m1/s1. The summed E-state index contributed by atoms with van der Waals surface area (Å²) in [5, 5.41) is 2.74. The number of aryl methyl sites for hydroxylation is 1. The fourth-order valence-electron chi connectivity index (χ4n) is 6.00. The number of halogens is 1. The van der Waals surface area contributed by atoms with Gasteiger partial charge in [0.1, 0.15) is 24.1 Å². The number of fused-ring (bicyclic) bond motifs is 2. The Balaban J connectivity index is 1.52. The molecule has 192 valence electrons. The molecule has 3 N–H and O–H groups in total. The van der Waals surface area contributed by atoms with Crippen molar-refractivity contribution in [1.29, 1.82) is 0 Å². The van der Waals surface area contributed by atoms with Crippen LogP contribution >= 0.6 is 0 Å². The quantitative estimate of drug-likeness (QED) is 0.642. The third kappa shape index (κ3) is 4.31. The van der Waals surface area contributed by atoms with Gasteiger partial charge in [-0.25, -0.2) is 4.39 Å². The first-order chi connectivity index (χ1) is 17.3. The number of amides is 2. The monoisotopic (exact) mass is 495 g/mol. The minimum atomic E-state index is -0.956. The molecule has 2 aromatic carbocycles. The normalized spacial score (nSPS) is 27.0. The number of hydrogen-bond donors (Lipinski definition) is 2. The maximum absolute atomic E-state index is 15.3. The molecule has 2 aromatic rings. The fraction of sp³-hybridized carbons (Fsp3) is 0.500. The van der Waals surface area contributed by atoms with Crippen LogP contribution in [0.5, 0.6) is 0 Å². The van der Waals surface area contributed by atoms with Crippen LogP contribution in [0.4, 0.5) is 4.39 Å². The molecule has 7 nitrogen and oxygen atoms in total. The number of nitrogens with one attached hydrogen (secondary N) is 1. The van der Waals surface area contributed by atoms with Crippen LogP contribution in [0.15, 0.2) is 36.4 Å². The Bertz CT molecular complexity index is 1170. The van der Waals surface area contributed by atoms with E-state index in [0.29, 0.717) is 43.8 Å². The Labute approximate surface area is 211 Å². The summed E-state index contributed by atoms with van der Waals surface area (Å²) in [5.74, 6) is -0.606. The predicted molar refractivity (Wildman–Crippen MR) is 133 cm³/mol. The molecule has 1 spiro atoms. The second kappa shape index (κ2) is 9.92. The fourth-order valence-corrected chi connectivity index (χ4v) is 6.00. The van der Waals surface area contributed by atoms with Crippen molar-refractivity contribution in [3.8, 4) is 11.1 Å². The lowest BCUT2D eigenvalue weighted by atomic mass is 9.66. The van der Waals surface area contributed by atoms with E-state index in [1.165, 1.54) is 6.07 Å². The van der Waals surface area contributed by atoms with Crippen LogP contribution in [-0.2, 0) is 24.7 Å². The van der Waals surface area contributed by atoms with E-state index in [1.54, 1.807) is 6.07 Å². The minimum absolute atomic E-state index is 0.0615. The number of ether oxygens (including phenoxy) is 2. The highest BCUT2D eigenvalue weighted by Crippen LogP contribution is 2.58. The first-order valence-corrected chi connectivity index (χ1v) is 12.8. The SMILES string of the molecule is CCNC(=O)CO[C@H]1c2c(ccc(F)c2-c2cccc(C)c2)[C@@]12CN(C(=O)[C@@H]1CC[C@H](N)C1)CCO2. The van der Waals surface area contributed by atoms with E-state index in [1.807, 2.05) is 43.0 Å². The highest BCUT2D eigenvalue weighted by molar-refractivity contribution is 5.80. The second-order valence-electron chi connectivity index (χ2n) is 10.2. The molecule has 4 atom stereocenters. The molecule has 3 aliphatic rings. The van der Waals surface area contributed by atoms with E-state index < -0.39 is 11.7 Å². The molecule has 2 aliphatic carbocycles. The van der Waals surface area contributed by atoms with Crippen molar-refractivity contribution in [2.24, 2.45) is 11.7 Å². The van der Waals surface area contributed by atoms with Crippen molar-refractivity contribution in [3.05, 3.63) is 58.9 Å². The van der Waals surface area contributed by atoms with Gasteiger partial charge in [-0.15, -0.1) is 0 Å². The van der Waals surface area contributed by atoms with Crippen LogP contribution in [0.3, 0.4) is 0 Å². The molecule has 0 unspecified atom stereocenters. The maximum atomic E-state index is 15.3. The Hall–Kier alpha value is -2.81. The number of morpholine rings is 1. The molecule has 0 aromatic heterocycles. The number of carbonyl (C=O) groups excluding carboxylic acids is 2. The summed E-state index contributed by atoms with van der Waals surface area (Å²) in [4.78, 5) is 27.5. The van der Waals surface area contributed by atoms with Crippen LogP contribution in [0.25, 0.3) is 11.1 Å². The van der Waals surface area contributed by atoms with Gasteiger partial charge in [-0.3, -0.25) is 9.59 Å². The number of carbonyl (C=O) groups is 2. The summed E-state index contributed by atoms with van der Waals surface area (Å²) in [6, 6.07) is 10.9. The van der Waals surface area contributed by atoms with Gasteiger partial charge < -0.3 is 25.4 Å². The number of hydrogen-bond acceptors (Lipinski definition) is 5. The van der Waals surface area contributed by atoms with Crippen LogP contribution < -0.4 is 11.1 Å². The molecule has 2 amide bonds. The van der Waals surface area contributed by atoms with Crippen molar-refractivity contribution >= 4 is 11.8 Å². The molecule has 8 heteroatoms. The van der Waals surface area contributed by atoms with Crippen molar-refractivity contribution < 1.29 is 23.5 Å². The van der Waals surface area contributed by atoms with Crippen LogP contribution in [0.1, 0.15) is 49.0 Å². The molecule has 5 rings (SSSR count). The van der Waals surface area contributed by atoms with Crippen LogP contribution in [0.2, 0.25) is 0 Å². The van der Waals surface area contributed by atoms with Crippen molar-refractivity contribution in [2.75, 3.05) is 32.8 Å². The number of likely N-dealkylation sites (N-methyl/N-ethyl adjacent to an activating group) is 1. The Kier molecular flexibility index (Phi) is 6.85. The van der Waals surface area contributed by atoms with Gasteiger partial charge in [-0.1, -0.05) is 35.9 Å². The number of benzene rings is 2. The maximum Gasteiger partial charge on any atom is 0.246 e. The molecule has 1 saturated heterocycles. The molecular formula is C28H34FN3O4. The highest BCUT2D eigenvalue weighted by atomic mass is 19.1. The first-order valence-electron chi connectivity index (χ1n) is 12.8. The Morgan fingerprint density at radius 3 is 2.83 bits per heavy atom. The van der Waals surface area contributed by atoms with Crippen molar-refractivity contribution in [1.82, 2.24) is 10.2 Å². The molecule has 1 aliphatic heterocycles. The lowest BCUT2D eigenvalue weighted by Gasteiger charge is -2.55. The highest BCUT2D eigenvalue weighted by Gasteiger charge is 2.58. The van der Waals surface area contributed by atoms with Crippen LogP contribution in [-0.4, -0.2) is 55.6 Å². The third-order valence-electron chi connectivity index (χ3n) is 7.68. The third-order valence-corrected chi connectivity index (χ3v) is 7.68. The average Bonchev–Trinajstić information content (AvgIpc) is 3.30. The van der Waals surface area contributed by atoms with Crippen LogP contribution in [0, 0.1) is 18.7 Å². The molecule has 1 saturated carbocycles. The summed E-state index contributed by atoms with van der Waals surface area (Å²) in [6.07, 6.45) is 1.65. The van der Waals surface area contributed by atoms with E-state index in [0.717, 1.165) is 29.5 Å². The largest absolute Gasteiger partial charge is 0.363 e. The zero-order chi connectivity index (χ0) is 25.4. The summed E-state index contributed by atoms with van der Waals surface area (Å²) < 4.78 is 27.8. The zero-order valence-electron chi connectivity index (χ0n) is 20.9. The van der Waals surface area contributed by atoms with Gasteiger partial charge in [0.2, 0.25) is 11.8 Å². The summed E-state index contributed by atoms with van der Waals surface area (Å²) in [5.41, 5.74) is 8.82.